The van der Waals surface area contributed by atoms with Gasteiger partial charge in [-0.05, 0) is 25.0 Å². The quantitative estimate of drug-likeness (QED) is 0.806. The van der Waals surface area contributed by atoms with Crippen molar-refractivity contribution in [2.75, 3.05) is 7.11 Å². The second-order valence-electron chi connectivity index (χ2n) is 3.92. The standard InChI is InChI=1S/C12H17NO3/c1-7-4-8(2)11(16-3)9(5-7)6-10(13)12(14)15/h4-5,10H,6,13H2,1-3H3,(H,14,15)/t10-/m1/s1. The molecule has 4 nitrogen and oxygen atoms in total. The maximum Gasteiger partial charge on any atom is 0.320 e. The number of hydrogen-bond acceptors (Lipinski definition) is 3. The predicted octanol–water partition coefficient (Wildman–Crippen LogP) is 1.27. The Labute approximate surface area is 95.0 Å². The number of aliphatic carboxylic acids is 1. The summed E-state index contributed by atoms with van der Waals surface area (Å²) in [6.45, 7) is 3.89. The zero-order valence-corrected chi connectivity index (χ0v) is 9.78. The summed E-state index contributed by atoms with van der Waals surface area (Å²) >= 11 is 0. The second kappa shape index (κ2) is 4.99. The van der Waals surface area contributed by atoms with E-state index in [0.717, 1.165) is 22.4 Å². The van der Waals surface area contributed by atoms with Gasteiger partial charge in [-0.3, -0.25) is 4.79 Å². The highest BCUT2D eigenvalue weighted by molar-refractivity contribution is 5.73. The Balaban J connectivity index is 3.07. The first kappa shape index (κ1) is 12.5. The molecule has 0 aliphatic heterocycles. The number of carboxylic acid groups (broad SMARTS) is 1. The van der Waals surface area contributed by atoms with Crippen molar-refractivity contribution >= 4 is 5.97 Å². The van der Waals surface area contributed by atoms with Gasteiger partial charge in [0.1, 0.15) is 11.8 Å². The molecule has 0 fully saturated rings. The topological polar surface area (TPSA) is 72.5 Å². The molecule has 0 spiro atoms. The Morgan fingerprint density at radius 2 is 2.12 bits per heavy atom. The normalized spacial score (nSPS) is 12.2. The smallest absolute Gasteiger partial charge is 0.320 e. The number of nitrogens with two attached hydrogens (primary N) is 1. The van der Waals surface area contributed by atoms with Crippen LogP contribution in [0.4, 0.5) is 0 Å². The van der Waals surface area contributed by atoms with Gasteiger partial charge in [0, 0.05) is 6.42 Å². The van der Waals surface area contributed by atoms with Crippen molar-refractivity contribution < 1.29 is 14.6 Å². The Bertz CT molecular complexity index is 401. The molecule has 88 valence electrons. The van der Waals surface area contributed by atoms with Crippen molar-refractivity contribution in [2.45, 2.75) is 26.3 Å². The summed E-state index contributed by atoms with van der Waals surface area (Å²) < 4.78 is 5.26. The number of benzene rings is 1. The molecule has 0 aliphatic carbocycles. The van der Waals surface area contributed by atoms with Crippen LogP contribution in [0, 0.1) is 13.8 Å². The molecule has 0 amide bonds. The van der Waals surface area contributed by atoms with Gasteiger partial charge in [0.25, 0.3) is 0 Å². The summed E-state index contributed by atoms with van der Waals surface area (Å²) in [6.07, 6.45) is 0.279. The molecule has 0 saturated heterocycles. The van der Waals surface area contributed by atoms with Gasteiger partial charge in [-0.15, -0.1) is 0 Å². The van der Waals surface area contributed by atoms with Crippen LogP contribution in [0.3, 0.4) is 0 Å². The summed E-state index contributed by atoms with van der Waals surface area (Å²) in [5.41, 5.74) is 8.43. The second-order valence-corrected chi connectivity index (χ2v) is 3.92. The number of methoxy groups -OCH3 is 1. The molecule has 0 unspecified atom stereocenters. The Kier molecular flexibility index (Phi) is 3.90. The molecule has 1 aromatic carbocycles. The number of carbonyl (C=O) groups is 1. The number of hydrogen-bond donors (Lipinski definition) is 2. The lowest BCUT2D eigenvalue weighted by Gasteiger charge is -2.14. The van der Waals surface area contributed by atoms with Crippen LogP contribution in [-0.2, 0) is 11.2 Å². The molecule has 0 aliphatic rings. The predicted molar refractivity (Wildman–Crippen MR) is 61.8 cm³/mol. The van der Waals surface area contributed by atoms with Gasteiger partial charge in [0.15, 0.2) is 0 Å². The highest BCUT2D eigenvalue weighted by atomic mass is 16.5. The Morgan fingerprint density at radius 3 is 2.62 bits per heavy atom. The minimum Gasteiger partial charge on any atom is -0.496 e. The van der Waals surface area contributed by atoms with Gasteiger partial charge in [0.2, 0.25) is 0 Å². The highest BCUT2D eigenvalue weighted by Gasteiger charge is 2.16. The first-order valence-corrected chi connectivity index (χ1v) is 5.08. The fourth-order valence-electron chi connectivity index (χ4n) is 1.81. The van der Waals surface area contributed by atoms with Crippen LogP contribution in [0.5, 0.6) is 5.75 Å². The number of rotatable bonds is 4. The van der Waals surface area contributed by atoms with Crippen LogP contribution in [-0.4, -0.2) is 24.2 Å². The number of aryl methyl sites for hydroxylation is 2. The molecular formula is C12H17NO3. The fourth-order valence-corrected chi connectivity index (χ4v) is 1.81. The van der Waals surface area contributed by atoms with Crippen molar-refractivity contribution in [3.05, 3.63) is 28.8 Å². The van der Waals surface area contributed by atoms with Crippen LogP contribution in [0.15, 0.2) is 12.1 Å². The van der Waals surface area contributed by atoms with E-state index in [1.54, 1.807) is 7.11 Å². The lowest BCUT2D eigenvalue weighted by atomic mass is 10.00. The molecule has 0 saturated carbocycles. The van der Waals surface area contributed by atoms with Crippen LogP contribution < -0.4 is 10.5 Å². The lowest BCUT2D eigenvalue weighted by Crippen LogP contribution is -2.32. The average Bonchev–Trinajstić information content (AvgIpc) is 2.16. The molecule has 1 rings (SSSR count). The van der Waals surface area contributed by atoms with Gasteiger partial charge in [0.05, 0.1) is 7.11 Å². The summed E-state index contributed by atoms with van der Waals surface area (Å²) in [7, 11) is 1.58. The molecule has 0 aromatic heterocycles. The maximum absolute atomic E-state index is 10.7. The average molecular weight is 223 g/mol. The van der Waals surface area contributed by atoms with E-state index >= 15 is 0 Å². The molecule has 1 aromatic rings. The molecule has 16 heavy (non-hydrogen) atoms. The molecular weight excluding hydrogens is 206 g/mol. The van der Waals surface area contributed by atoms with E-state index in [0.29, 0.717) is 0 Å². The van der Waals surface area contributed by atoms with E-state index in [2.05, 4.69) is 0 Å². The third-order valence-corrected chi connectivity index (χ3v) is 2.46. The highest BCUT2D eigenvalue weighted by Crippen LogP contribution is 2.25. The van der Waals surface area contributed by atoms with Crippen LogP contribution in [0.1, 0.15) is 16.7 Å². The van der Waals surface area contributed by atoms with E-state index in [1.165, 1.54) is 0 Å². The Morgan fingerprint density at radius 1 is 1.50 bits per heavy atom. The lowest BCUT2D eigenvalue weighted by molar-refractivity contribution is -0.138. The summed E-state index contributed by atoms with van der Waals surface area (Å²) in [5.74, 6) is -0.275. The van der Waals surface area contributed by atoms with Gasteiger partial charge in [-0.1, -0.05) is 17.7 Å². The van der Waals surface area contributed by atoms with Crippen molar-refractivity contribution in [3.63, 3.8) is 0 Å². The summed E-state index contributed by atoms with van der Waals surface area (Å²) in [5, 5.41) is 8.78. The number of ether oxygens (including phenoxy) is 1. The van der Waals surface area contributed by atoms with E-state index in [4.69, 9.17) is 15.6 Å². The van der Waals surface area contributed by atoms with E-state index in [9.17, 15) is 4.79 Å². The molecule has 0 heterocycles. The zero-order chi connectivity index (χ0) is 12.3. The summed E-state index contributed by atoms with van der Waals surface area (Å²) in [4.78, 5) is 10.7. The third kappa shape index (κ3) is 2.73. The zero-order valence-electron chi connectivity index (χ0n) is 9.78. The maximum atomic E-state index is 10.7. The van der Waals surface area contributed by atoms with Crippen LogP contribution in [0.2, 0.25) is 0 Å². The van der Waals surface area contributed by atoms with Crippen LogP contribution >= 0.6 is 0 Å². The monoisotopic (exact) mass is 223 g/mol. The van der Waals surface area contributed by atoms with Gasteiger partial charge < -0.3 is 15.6 Å². The molecule has 1 atom stereocenters. The first-order chi connectivity index (χ1) is 7.45. The molecule has 0 bridgehead atoms. The molecule has 4 heteroatoms. The van der Waals surface area contributed by atoms with Crippen molar-refractivity contribution in [2.24, 2.45) is 5.73 Å². The van der Waals surface area contributed by atoms with Gasteiger partial charge >= 0.3 is 5.97 Å². The Hall–Kier alpha value is -1.55. The summed E-state index contributed by atoms with van der Waals surface area (Å²) in [6, 6.07) is 3.01. The minimum atomic E-state index is -0.999. The molecule has 3 N–H and O–H groups in total. The van der Waals surface area contributed by atoms with Gasteiger partial charge in [-0.2, -0.15) is 0 Å². The van der Waals surface area contributed by atoms with E-state index in [-0.39, 0.29) is 6.42 Å². The largest absolute Gasteiger partial charge is 0.496 e. The van der Waals surface area contributed by atoms with E-state index in [1.807, 2.05) is 26.0 Å². The molecule has 0 radical (unpaired) electrons. The number of carboxylic acids is 1. The van der Waals surface area contributed by atoms with Crippen molar-refractivity contribution in [3.8, 4) is 5.75 Å². The van der Waals surface area contributed by atoms with Gasteiger partial charge in [-0.25, -0.2) is 0 Å². The van der Waals surface area contributed by atoms with E-state index < -0.39 is 12.0 Å². The SMILES string of the molecule is COc1c(C)cc(C)cc1C[C@@H](N)C(=O)O. The fraction of sp³-hybridized carbons (Fsp3) is 0.417. The van der Waals surface area contributed by atoms with Crippen LogP contribution in [0.25, 0.3) is 0 Å². The third-order valence-electron chi connectivity index (χ3n) is 2.46. The minimum absolute atomic E-state index is 0.279. The first-order valence-electron chi connectivity index (χ1n) is 5.08. The van der Waals surface area contributed by atoms with Crippen molar-refractivity contribution in [1.82, 2.24) is 0 Å². The van der Waals surface area contributed by atoms with Crippen molar-refractivity contribution in [1.29, 1.82) is 0 Å².